The molecule has 2 amide bonds. The molecule has 1 N–H and O–H groups in total. The van der Waals surface area contributed by atoms with Crippen LogP contribution in [0.15, 0.2) is 47.8 Å². The lowest BCUT2D eigenvalue weighted by Gasteiger charge is -2.32. The molecule has 2 aromatic rings. The molecular weight excluding hydrogens is 308 g/mol. The Morgan fingerprint density at radius 3 is 2.74 bits per heavy atom. The number of para-hydroxylation sites is 1. The van der Waals surface area contributed by atoms with E-state index in [-0.39, 0.29) is 17.7 Å². The fourth-order valence-electron chi connectivity index (χ4n) is 2.86. The third-order valence-electron chi connectivity index (χ3n) is 4.09. The molecule has 23 heavy (non-hydrogen) atoms. The number of hydrogen-bond acceptors (Lipinski definition) is 3. The van der Waals surface area contributed by atoms with Crippen molar-refractivity contribution in [3.8, 4) is 0 Å². The molecule has 1 unspecified atom stereocenters. The number of carbonyl (C=O) groups excluding carboxylic acids is 2. The monoisotopic (exact) mass is 328 g/mol. The molecule has 1 aliphatic heterocycles. The van der Waals surface area contributed by atoms with E-state index in [4.69, 9.17) is 0 Å². The van der Waals surface area contributed by atoms with Gasteiger partial charge in [0.05, 0.1) is 12.3 Å². The van der Waals surface area contributed by atoms with E-state index in [1.807, 2.05) is 52.7 Å². The van der Waals surface area contributed by atoms with Crippen molar-refractivity contribution < 1.29 is 9.59 Å². The van der Waals surface area contributed by atoms with Gasteiger partial charge in [0.2, 0.25) is 11.8 Å². The van der Waals surface area contributed by atoms with Gasteiger partial charge in [0.15, 0.2) is 0 Å². The van der Waals surface area contributed by atoms with Crippen LogP contribution in [0.5, 0.6) is 0 Å². The van der Waals surface area contributed by atoms with Crippen LogP contribution in [0.25, 0.3) is 0 Å². The second-order valence-electron chi connectivity index (χ2n) is 5.79. The normalized spacial score (nSPS) is 17.7. The van der Waals surface area contributed by atoms with Crippen LogP contribution in [0.3, 0.4) is 0 Å². The fraction of sp³-hybridized carbons (Fsp3) is 0.333. The van der Waals surface area contributed by atoms with Crippen LogP contribution in [-0.4, -0.2) is 29.8 Å². The average Bonchev–Trinajstić information content (AvgIpc) is 3.09. The zero-order valence-corrected chi connectivity index (χ0v) is 13.7. The Morgan fingerprint density at radius 1 is 1.17 bits per heavy atom. The number of nitrogens with one attached hydrogen (secondary N) is 1. The average molecular weight is 328 g/mol. The summed E-state index contributed by atoms with van der Waals surface area (Å²) in [6.07, 6.45) is 2.15. The molecule has 1 aliphatic rings. The Balaban J connectivity index is 1.57. The van der Waals surface area contributed by atoms with Gasteiger partial charge in [0.25, 0.3) is 0 Å². The summed E-state index contributed by atoms with van der Waals surface area (Å²) >= 11 is 1.60. The van der Waals surface area contributed by atoms with Crippen LogP contribution < -0.4 is 5.32 Å². The standard InChI is InChI=1S/C18H20N2O2S/c21-17(12-16-9-5-11-23-16)20-10-4-6-14(13-20)18(22)19-15-7-2-1-3-8-15/h1-3,5,7-9,11,14H,4,6,10,12-13H2,(H,19,22). The molecular formula is C18H20N2O2S. The van der Waals surface area contributed by atoms with Crippen molar-refractivity contribution >= 4 is 28.8 Å². The zero-order valence-electron chi connectivity index (χ0n) is 12.9. The number of benzene rings is 1. The molecule has 1 saturated heterocycles. The Hall–Kier alpha value is -2.14. The SMILES string of the molecule is O=C(Nc1ccccc1)C1CCCN(C(=O)Cc2cccs2)C1. The van der Waals surface area contributed by atoms with Gasteiger partial charge in [0.1, 0.15) is 0 Å². The van der Waals surface area contributed by atoms with E-state index in [1.165, 1.54) is 0 Å². The highest BCUT2D eigenvalue weighted by atomic mass is 32.1. The van der Waals surface area contributed by atoms with Crippen molar-refractivity contribution in [1.82, 2.24) is 4.90 Å². The molecule has 0 spiro atoms. The van der Waals surface area contributed by atoms with E-state index >= 15 is 0 Å². The van der Waals surface area contributed by atoms with Gasteiger partial charge in [-0.2, -0.15) is 0 Å². The Labute approximate surface area is 140 Å². The third kappa shape index (κ3) is 4.20. The number of piperidine rings is 1. The largest absolute Gasteiger partial charge is 0.342 e. The van der Waals surface area contributed by atoms with Crippen LogP contribution in [0.4, 0.5) is 5.69 Å². The number of thiophene rings is 1. The predicted octanol–water partition coefficient (Wildman–Crippen LogP) is 3.17. The molecule has 2 heterocycles. The van der Waals surface area contributed by atoms with Crippen molar-refractivity contribution in [3.05, 3.63) is 52.7 Å². The summed E-state index contributed by atoms with van der Waals surface area (Å²) in [6, 6.07) is 13.4. The first-order valence-electron chi connectivity index (χ1n) is 7.88. The second-order valence-corrected chi connectivity index (χ2v) is 6.82. The van der Waals surface area contributed by atoms with Crippen LogP contribution in [0.2, 0.25) is 0 Å². The van der Waals surface area contributed by atoms with Gasteiger partial charge in [0, 0.05) is 23.7 Å². The number of hydrogen-bond donors (Lipinski definition) is 1. The minimum absolute atomic E-state index is 0.00447. The van der Waals surface area contributed by atoms with Crippen LogP contribution in [0.1, 0.15) is 17.7 Å². The van der Waals surface area contributed by atoms with Crippen molar-refractivity contribution in [1.29, 1.82) is 0 Å². The minimum atomic E-state index is -0.128. The number of carbonyl (C=O) groups is 2. The molecule has 0 radical (unpaired) electrons. The molecule has 1 aromatic carbocycles. The maximum atomic E-state index is 12.4. The van der Waals surface area contributed by atoms with Gasteiger partial charge in [-0.1, -0.05) is 24.3 Å². The number of amides is 2. The number of anilines is 1. The molecule has 0 saturated carbocycles. The summed E-state index contributed by atoms with van der Waals surface area (Å²) in [5.41, 5.74) is 0.805. The van der Waals surface area contributed by atoms with Gasteiger partial charge >= 0.3 is 0 Å². The van der Waals surface area contributed by atoms with Gasteiger partial charge in [-0.05, 0) is 36.4 Å². The quantitative estimate of drug-likeness (QED) is 0.937. The summed E-state index contributed by atoms with van der Waals surface area (Å²) in [7, 11) is 0. The van der Waals surface area contributed by atoms with E-state index in [0.717, 1.165) is 30.0 Å². The third-order valence-corrected chi connectivity index (χ3v) is 4.97. The summed E-state index contributed by atoms with van der Waals surface area (Å²) in [5.74, 6) is -0.00859. The molecule has 0 aliphatic carbocycles. The Kier molecular flexibility index (Phi) is 5.08. The van der Waals surface area contributed by atoms with Crippen LogP contribution >= 0.6 is 11.3 Å². The summed E-state index contributed by atoms with van der Waals surface area (Å²) in [5, 5.41) is 4.92. The molecule has 1 aromatic heterocycles. The highest BCUT2D eigenvalue weighted by Gasteiger charge is 2.28. The lowest BCUT2D eigenvalue weighted by molar-refractivity contribution is -0.133. The lowest BCUT2D eigenvalue weighted by atomic mass is 9.96. The number of likely N-dealkylation sites (tertiary alicyclic amines) is 1. The predicted molar refractivity (Wildman–Crippen MR) is 92.4 cm³/mol. The van der Waals surface area contributed by atoms with Crippen LogP contribution in [-0.2, 0) is 16.0 Å². The van der Waals surface area contributed by atoms with E-state index in [0.29, 0.717) is 13.0 Å². The van der Waals surface area contributed by atoms with E-state index in [2.05, 4.69) is 5.32 Å². The van der Waals surface area contributed by atoms with Gasteiger partial charge in [-0.3, -0.25) is 9.59 Å². The van der Waals surface area contributed by atoms with Crippen molar-refractivity contribution in [3.63, 3.8) is 0 Å². The molecule has 4 nitrogen and oxygen atoms in total. The highest BCUT2D eigenvalue weighted by molar-refractivity contribution is 7.10. The van der Waals surface area contributed by atoms with Crippen molar-refractivity contribution in [2.45, 2.75) is 19.3 Å². The van der Waals surface area contributed by atoms with Crippen molar-refractivity contribution in [2.75, 3.05) is 18.4 Å². The summed E-state index contributed by atoms with van der Waals surface area (Å²) in [6.45, 7) is 1.27. The maximum absolute atomic E-state index is 12.4. The number of nitrogens with zero attached hydrogens (tertiary/aromatic N) is 1. The summed E-state index contributed by atoms with van der Waals surface area (Å²) in [4.78, 5) is 27.7. The highest BCUT2D eigenvalue weighted by Crippen LogP contribution is 2.20. The topological polar surface area (TPSA) is 49.4 Å². The first-order valence-corrected chi connectivity index (χ1v) is 8.76. The fourth-order valence-corrected chi connectivity index (χ4v) is 3.55. The molecule has 3 rings (SSSR count). The zero-order chi connectivity index (χ0) is 16.1. The molecule has 5 heteroatoms. The van der Waals surface area contributed by atoms with E-state index in [1.54, 1.807) is 11.3 Å². The minimum Gasteiger partial charge on any atom is -0.342 e. The Morgan fingerprint density at radius 2 is 2.00 bits per heavy atom. The van der Waals surface area contributed by atoms with Gasteiger partial charge in [-0.15, -0.1) is 11.3 Å². The van der Waals surface area contributed by atoms with Gasteiger partial charge in [-0.25, -0.2) is 0 Å². The molecule has 0 bridgehead atoms. The van der Waals surface area contributed by atoms with Crippen molar-refractivity contribution in [2.24, 2.45) is 5.92 Å². The molecule has 120 valence electrons. The van der Waals surface area contributed by atoms with Gasteiger partial charge < -0.3 is 10.2 Å². The smallest absolute Gasteiger partial charge is 0.229 e. The van der Waals surface area contributed by atoms with E-state index in [9.17, 15) is 9.59 Å². The van der Waals surface area contributed by atoms with Crippen LogP contribution in [0, 0.1) is 5.92 Å². The first-order chi connectivity index (χ1) is 11.2. The number of rotatable bonds is 4. The summed E-state index contributed by atoms with van der Waals surface area (Å²) < 4.78 is 0. The Bertz CT molecular complexity index is 655. The molecule has 1 fully saturated rings. The second kappa shape index (κ2) is 7.42. The van der Waals surface area contributed by atoms with E-state index < -0.39 is 0 Å². The molecule has 1 atom stereocenters. The first kappa shape index (κ1) is 15.7. The lowest BCUT2D eigenvalue weighted by Crippen LogP contribution is -2.44. The maximum Gasteiger partial charge on any atom is 0.229 e.